The molecule has 3 unspecified atom stereocenters. The third-order valence-electron chi connectivity index (χ3n) is 4.17. The van der Waals surface area contributed by atoms with Crippen LogP contribution < -0.4 is 0 Å². The molecule has 3 heterocycles. The lowest BCUT2D eigenvalue weighted by Crippen LogP contribution is -2.41. The standard InChI is InChI=1S/C14H18ClNO2S/c15-12-8-16-4-1-11(12)13(17)10-2-5-18-14(7-10)3-6-19-9-14/h1,4,8,10,13,17H,2-3,5-7,9H2. The van der Waals surface area contributed by atoms with E-state index in [1.807, 2.05) is 17.8 Å². The Kier molecular flexibility index (Phi) is 4.03. The number of hydrogen-bond donors (Lipinski definition) is 1. The minimum atomic E-state index is -0.512. The van der Waals surface area contributed by atoms with Crippen molar-refractivity contribution >= 4 is 23.4 Å². The molecule has 104 valence electrons. The monoisotopic (exact) mass is 299 g/mol. The van der Waals surface area contributed by atoms with Crippen LogP contribution in [0.1, 0.15) is 30.9 Å². The molecule has 1 N–H and O–H groups in total. The van der Waals surface area contributed by atoms with Crippen LogP contribution in [0, 0.1) is 5.92 Å². The first-order valence-electron chi connectivity index (χ1n) is 6.69. The number of thioether (sulfide) groups is 1. The van der Waals surface area contributed by atoms with E-state index in [-0.39, 0.29) is 11.5 Å². The summed E-state index contributed by atoms with van der Waals surface area (Å²) in [4.78, 5) is 3.97. The maximum atomic E-state index is 10.6. The summed E-state index contributed by atoms with van der Waals surface area (Å²) >= 11 is 8.08. The topological polar surface area (TPSA) is 42.4 Å². The first-order valence-corrected chi connectivity index (χ1v) is 8.23. The van der Waals surface area contributed by atoms with Gasteiger partial charge in [0.25, 0.3) is 0 Å². The molecule has 1 aromatic heterocycles. The van der Waals surface area contributed by atoms with Gasteiger partial charge in [0.15, 0.2) is 0 Å². The van der Waals surface area contributed by atoms with Crippen LogP contribution >= 0.6 is 23.4 Å². The van der Waals surface area contributed by atoms with E-state index in [2.05, 4.69) is 4.98 Å². The largest absolute Gasteiger partial charge is 0.388 e. The minimum Gasteiger partial charge on any atom is -0.388 e. The van der Waals surface area contributed by atoms with Crippen molar-refractivity contribution in [1.29, 1.82) is 0 Å². The smallest absolute Gasteiger partial charge is 0.0835 e. The molecule has 2 aliphatic rings. The number of aliphatic hydroxyl groups is 1. The van der Waals surface area contributed by atoms with Crippen LogP contribution in [-0.4, -0.2) is 33.8 Å². The first-order chi connectivity index (χ1) is 9.20. The normalized spacial score (nSPS) is 32.6. The number of ether oxygens (including phenoxy) is 1. The van der Waals surface area contributed by atoms with Gasteiger partial charge >= 0.3 is 0 Å². The molecule has 0 amide bonds. The molecule has 0 bridgehead atoms. The Hall–Kier alpha value is -0.290. The summed E-state index contributed by atoms with van der Waals surface area (Å²) in [7, 11) is 0. The molecular formula is C14H18ClNO2S. The molecule has 0 radical (unpaired) electrons. The molecule has 3 rings (SSSR count). The average molecular weight is 300 g/mol. The van der Waals surface area contributed by atoms with Crippen molar-refractivity contribution in [1.82, 2.24) is 4.98 Å². The van der Waals surface area contributed by atoms with Gasteiger partial charge in [-0.3, -0.25) is 4.98 Å². The summed E-state index contributed by atoms with van der Waals surface area (Å²) in [5, 5.41) is 11.1. The van der Waals surface area contributed by atoms with E-state index in [4.69, 9.17) is 16.3 Å². The molecule has 0 saturated carbocycles. The summed E-state index contributed by atoms with van der Waals surface area (Å²) in [5.41, 5.74) is 0.790. The number of aliphatic hydroxyl groups excluding tert-OH is 1. The Morgan fingerprint density at radius 3 is 3.21 bits per heavy atom. The van der Waals surface area contributed by atoms with E-state index in [1.165, 1.54) is 5.75 Å². The van der Waals surface area contributed by atoms with Crippen molar-refractivity contribution in [3.05, 3.63) is 29.0 Å². The van der Waals surface area contributed by atoms with Gasteiger partial charge in [0.1, 0.15) is 0 Å². The van der Waals surface area contributed by atoms with E-state index >= 15 is 0 Å². The Bertz CT molecular complexity index is 451. The van der Waals surface area contributed by atoms with E-state index in [0.29, 0.717) is 5.02 Å². The highest BCUT2D eigenvalue weighted by Crippen LogP contribution is 2.44. The van der Waals surface area contributed by atoms with Gasteiger partial charge in [-0.2, -0.15) is 11.8 Å². The molecule has 3 nitrogen and oxygen atoms in total. The maximum Gasteiger partial charge on any atom is 0.0835 e. The molecule has 0 aromatic carbocycles. The molecular weight excluding hydrogens is 282 g/mol. The Balaban J connectivity index is 1.76. The summed E-state index contributed by atoms with van der Waals surface area (Å²) in [6.45, 7) is 0.741. The minimum absolute atomic E-state index is 0.00588. The Morgan fingerprint density at radius 1 is 1.58 bits per heavy atom. The third-order valence-corrected chi connectivity index (χ3v) is 5.71. The molecule has 2 aliphatic heterocycles. The maximum absolute atomic E-state index is 10.6. The fourth-order valence-corrected chi connectivity index (χ4v) is 4.69. The fourth-order valence-electron chi connectivity index (χ4n) is 3.08. The highest BCUT2D eigenvalue weighted by Gasteiger charge is 2.42. The molecule has 1 aromatic rings. The number of aromatic nitrogens is 1. The van der Waals surface area contributed by atoms with Crippen LogP contribution in [0.25, 0.3) is 0 Å². The van der Waals surface area contributed by atoms with Gasteiger partial charge in [-0.15, -0.1) is 0 Å². The number of rotatable bonds is 2. The second-order valence-corrected chi connectivity index (χ2v) is 6.94. The highest BCUT2D eigenvalue weighted by molar-refractivity contribution is 7.99. The molecule has 0 aliphatic carbocycles. The van der Waals surface area contributed by atoms with Crippen LogP contribution in [0.4, 0.5) is 0 Å². The summed E-state index contributed by atoms with van der Waals surface area (Å²) in [5.74, 6) is 2.45. The molecule has 1 spiro atoms. The van der Waals surface area contributed by atoms with E-state index < -0.39 is 6.10 Å². The second kappa shape index (κ2) is 5.60. The van der Waals surface area contributed by atoms with Crippen LogP contribution in [0.15, 0.2) is 18.5 Å². The van der Waals surface area contributed by atoms with Crippen LogP contribution in [-0.2, 0) is 4.74 Å². The number of halogens is 1. The van der Waals surface area contributed by atoms with E-state index in [0.717, 1.165) is 37.2 Å². The van der Waals surface area contributed by atoms with Crippen molar-refractivity contribution in [2.45, 2.75) is 31.0 Å². The summed E-state index contributed by atoms with van der Waals surface area (Å²) in [6.07, 6.45) is 5.70. The van der Waals surface area contributed by atoms with Crippen molar-refractivity contribution < 1.29 is 9.84 Å². The lowest BCUT2D eigenvalue weighted by Gasteiger charge is -2.39. The molecule has 2 saturated heterocycles. The SMILES string of the molecule is OC(c1ccncc1Cl)C1CCOC2(CCSC2)C1. The summed E-state index contributed by atoms with van der Waals surface area (Å²) in [6, 6.07) is 1.82. The van der Waals surface area contributed by atoms with Crippen molar-refractivity contribution in [2.24, 2.45) is 5.92 Å². The van der Waals surface area contributed by atoms with Crippen LogP contribution in [0.2, 0.25) is 5.02 Å². The number of hydrogen-bond acceptors (Lipinski definition) is 4. The number of pyridine rings is 1. The van der Waals surface area contributed by atoms with Gasteiger partial charge in [0.2, 0.25) is 0 Å². The zero-order chi connectivity index (χ0) is 13.3. The number of nitrogens with zero attached hydrogens (tertiary/aromatic N) is 1. The van der Waals surface area contributed by atoms with Gasteiger partial charge in [-0.1, -0.05) is 11.6 Å². The lowest BCUT2D eigenvalue weighted by molar-refractivity contribution is -0.102. The predicted octanol–water partition coefficient (Wildman–Crippen LogP) is 3.07. The Morgan fingerprint density at radius 2 is 2.47 bits per heavy atom. The highest BCUT2D eigenvalue weighted by atomic mass is 35.5. The van der Waals surface area contributed by atoms with Gasteiger partial charge in [0, 0.05) is 30.3 Å². The average Bonchev–Trinajstić information content (AvgIpc) is 2.86. The first kappa shape index (κ1) is 13.7. The molecule has 19 heavy (non-hydrogen) atoms. The van der Waals surface area contributed by atoms with Crippen molar-refractivity contribution in [2.75, 3.05) is 18.1 Å². The van der Waals surface area contributed by atoms with Gasteiger partial charge in [-0.05, 0) is 37.0 Å². The molecule has 3 atom stereocenters. The van der Waals surface area contributed by atoms with Gasteiger partial charge in [-0.25, -0.2) is 0 Å². The summed E-state index contributed by atoms with van der Waals surface area (Å²) < 4.78 is 6.00. The second-order valence-electron chi connectivity index (χ2n) is 5.43. The molecule has 2 fully saturated rings. The van der Waals surface area contributed by atoms with Crippen molar-refractivity contribution in [3.8, 4) is 0 Å². The van der Waals surface area contributed by atoms with Gasteiger partial charge in [0.05, 0.1) is 16.7 Å². The van der Waals surface area contributed by atoms with Crippen LogP contribution in [0.3, 0.4) is 0 Å². The predicted molar refractivity (Wildman–Crippen MR) is 77.6 cm³/mol. The van der Waals surface area contributed by atoms with Gasteiger partial charge < -0.3 is 9.84 Å². The zero-order valence-corrected chi connectivity index (χ0v) is 12.3. The fraction of sp³-hybridized carbons (Fsp3) is 0.643. The van der Waals surface area contributed by atoms with Crippen molar-refractivity contribution in [3.63, 3.8) is 0 Å². The lowest BCUT2D eigenvalue weighted by atomic mass is 9.80. The Labute approximate surface area is 122 Å². The zero-order valence-electron chi connectivity index (χ0n) is 10.7. The quantitative estimate of drug-likeness (QED) is 0.911. The van der Waals surface area contributed by atoms with Crippen LogP contribution in [0.5, 0.6) is 0 Å². The third kappa shape index (κ3) is 2.77. The van der Waals surface area contributed by atoms with E-state index in [1.54, 1.807) is 12.4 Å². The molecule has 5 heteroatoms. The van der Waals surface area contributed by atoms with E-state index in [9.17, 15) is 5.11 Å².